The van der Waals surface area contributed by atoms with Gasteiger partial charge in [0.25, 0.3) is 0 Å². The SMILES string of the molecule is CSC1CCC(NCc2cccc(OC(C)C)c2)CC1. The smallest absolute Gasteiger partial charge is 0.120 e. The Balaban J connectivity index is 1.79. The molecule has 0 radical (unpaired) electrons. The summed E-state index contributed by atoms with van der Waals surface area (Å²) >= 11 is 2.03. The van der Waals surface area contributed by atoms with Crippen molar-refractivity contribution in [2.75, 3.05) is 6.26 Å². The molecule has 0 unspecified atom stereocenters. The Morgan fingerprint density at radius 2 is 2.00 bits per heavy atom. The number of hydrogen-bond donors (Lipinski definition) is 1. The van der Waals surface area contributed by atoms with Crippen molar-refractivity contribution in [3.63, 3.8) is 0 Å². The van der Waals surface area contributed by atoms with Crippen LogP contribution in [-0.4, -0.2) is 23.7 Å². The van der Waals surface area contributed by atoms with Crippen molar-refractivity contribution < 1.29 is 4.74 Å². The first-order chi connectivity index (χ1) is 9.67. The van der Waals surface area contributed by atoms with Crippen molar-refractivity contribution in [3.05, 3.63) is 29.8 Å². The molecule has 0 aliphatic heterocycles. The Morgan fingerprint density at radius 3 is 2.65 bits per heavy atom. The highest BCUT2D eigenvalue weighted by Crippen LogP contribution is 2.27. The van der Waals surface area contributed by atoms with Gasteiger partial charge in [-0.1, -0.05) is 12.1 Å². The minimum Gasteiger partial charge on any atom is -0.491 e. The van der Waals surface area contributed by atoms with E-state index < -0.39 is 0 Å². The van der Waals surface area contributed by atoms with Crippen LogP contribution in [0.3, 0.4) is 0 Å². The molecule has 2 nitrogen and oxygen atoms in total. The van der Waals surface area contributed by atoms with Crippen LogP contribution in [0.1, 0.15) is 45.1 Å². The number of nitrogens with one attached hydrogen (secondary N) is 1. The summed E-state index contributed by atoms with van der Waals surface area (Å²) in [7, 11) is 0. The van der Waals surface area contributed by atoms with Gasteiger partial charge in [-0.05, 0) is 63.5 Å². The summed E-state index contributed by atoms with van der Waals surface area (Å²) in [4.78, 5) is 0. The third kappa shape index (κ3) is 5.02. The lowest BCUT2D eigenvalue weighted by atomic mass is 9.95. The van der Waals surface area contributed by atoms with Crippen LogP contribution < -0.4 is 10.1 Å². The zero-order valence-corrected chi connectivity index (χ0v) is 13.7. The molecule has 1 saturated carbocycles. The largest absolute Gasteiger partial charge is 0.491 e. The van der Waals surface area contributed by atoms with Crippen molar-refractivity contribution in [1.29, 1.82) is 0 Å². The van der Waals surface area contributed by atoms with Gasteiger partial charge in [-0.2, -0.15) is 11.8 Å². The van der Waals surface area contributed by atoms with E-state index in [-0.39, 0.29) is 6.10 Å². The molecular weight excluding hydrogens is 266 g/mol. The normalized spacial score (nSPS) is 23.0. The average Bonchev–Trinajstić information content (AvgIpc) is 2.45. The fraction of sp³-hybridized carbons (Fsp3) is 0.647. The van der Waals surface area contributed by atoms with Gasteiger partial charge < -0.3 is 10.1 Å². The monoisotopic (exact) mass is 293 g/mol. The number of ether oxygens (including phenoxy) is 1. The van der Waals surface area contributed by atoms with E-state index in [0.717, 1.165) is 17.5 Å². The minimum atomic E-state index is 0.236. The van der Waals surface area contributed by atoms with Crippen LogP contribution in [0.25, 0.3) is 0 Å². The number of hydrogen-bond acceptors (Lipinski definition) is 3. The standard InChI is InChI=1S/C17H27NOS/c1-13(2)19-16-6-4-5-14(11-16)12-18-15-7-9-17(20-3)10-8-15/h4-6,11,13,15,17-18H,7-10,12H2,1-3H3. The van der Waals surface area contributed by atoms with Gasteiger partial charge >= 0.3 is 0 Å². The third-order valence-corrected chi connectivity index (χ3v) is 5.01. The van der Waals surface area contributed by atoms with Crippen LogP contribution >= 0.6 is 11.8 Å². The molecule has 0 amide bonds. The van der Waals surface area contributed by atoms with Crippen molar-refractivity contribution in [3.8, 4) is 5.75 Å². The molecule has 3 heteroatoms. The van der Waals surface area contributed by atoms with E-state index in [9.17, 15) is 0 Å². The van der Waals surface area contributed by atoms with Crippen LogP contribution in [0.4, 0.5) is 0 Å². The van der Waals surface area contributed by atoms with Crippen molar-refractivity contribution in [2.45, 2.75) is 63.5 Å². The summed E-state index contributed by atoms with van der Waals surface area (Å²) in [6.07, 6.45) is 7.81. The Morgan fingerprint density at radius 1 is 1.25 bits per heavy atom. The van der Waals surface area contributed by atoms with Crippen molar-refractivity contribution in [1.82, 2.24) is 5.32 Å². The van der Waals surface area contributed by atoms with Gasteiger partial charge in [0.15, 0.2) is 0 Å². The number of thioether (sulfide) groups is 1. The lowest BCUT2D eigenvalue weighted by molar-refractivity contribution is 0.242. The molecule has 0 spiro atoms. The first-order valence-electron chi connectivity index (χ1n) is 7.69. The molecule has 1 aromatic rings. The maximum atomic E-state index is 5.74. The highest BCUT2D eigenvalue weighted by atomic mass is 32.2. The summed E-state index contributed by atoms with van der Waals surface area (Å²) in [5.41, 5.74) is 1.31. The summed E-state index contributed by atoms with van der Waals surface area (Å²) in [6.45, 7) is 5.08. The van der Waals surface area contributed by atoms with Gasteiger partial charge in [0.2, 0.25) is 0 Å². The molecule has 2 rings (SSSR count). The Kier molecular flexibility index (Phi) is 6.24. The maximum Gasteiger partial charge on any atom is 0.120 e. The molecule has 0 saturated heterocycles. The lowest BCUT2D eigenvalue weighted by Gasteiger charge is -2.28. The fourth-order valence-electron chi connectivity index (χ4n) is 2.77. The third-order valence-electron chi connectivity index (χ3n) is 3.87. The van der Waals surface area contributed by atoms with E-state index in [1.807, 2.05) is 17.8 Å². The van der Waals surface area contributed by atoms with Crippen LogP contribution in [-0.2, 0) is 6.54 Å². The molecule has 1 aliphatic carbocycles. The van der Waals surface area contributed by atoms with Gasteiger partial charge in [-0.25, -0.2) is 0 Å². The molecule has 1 aliphatic rings. The van der Waals surface area contributed by atoms with Crippen LogP contribution in [0.2, 0.25) is 0 Å². The minimum absolute atomic E-state index is 0.236. The molecule has 1 N–H and O–H groups in total. The van der Waals surface area contributed by atoms with Gasteiger partial charge in [0.05, 0.1) is 6.10 Å². The molecule has 20 heavy (non-hydrogen) atoms. The Bertz CT molecular complexity index is 400. The highest BCUT2D eigenvalue weighted by molar-refractivity contribution is 7.99. The second-order valence-corrected chi connectivity index (χ2v) is 7.04. The van der Waals surface area contributed by atoms with E-state index in [1.165, 1.54) is 31.2 Å². The average molecular weight is 293 g/mol. The number of rotatable bonds is 6. The van der Waals surface area contributed by atoms with Crippen LogP contribution in [0.15, 0.2) is 24.3 Å². The van der Waals surface area contributed by atoms with Gasteiger partial charge in [0.1, 0.15) is 5.75 Å². The lowest BCUT2D eigenvalue weighted by Crippen LogP contribution is -2.33. The Hall–Kier alpha value is -0.670. The molecule has 0 atom stereocenters. The number of benzene rings is 1. The van der Waals surface area contributed by atoms with Crippen LogP contribution in [0, 0.1) is 0 Å². The molecule has 112 valence electrons. The van der Waals surface area contributed by atoms with Gasteiger partial charge in [0, 0.05) is 17.8 Å². The highest BCUT2D eigenvalue weighted by Gasteiger charge is 2.19. The molecule has 0 aromatic heterocycles. The zero-order chi connectivity index (χ0) is 14.4. The fourth-order valence-corrected chi connectivity index (χ4v) is 3.51. The molecule has 0 heterocycles. The first kappa shape index (κ1) is 15.7. The van der Waals surface area contributed by atoms with E-state index >= 15 is 0 Å². The summed E-state index contributed by atoms with van der Waals surface area (Å²) in [5, 5.41) is 4.58. The molecular formula is C17H27NOS. The summed E-state index contributed by atoms with van der Waals surface area (Å²) in [6, 6.07) is 9.13. The predicted molar refractivity (Wildman–Crippen MR) is 88.6 cm³/mol. The van der Waals surface area contributed by atoms with Crippen molar-refractivity contribution in [2.24, 2.45) is 0 Å². The predicted octanol–water partition coefficient (Wildman–Crippen LogP) is 4.24. The molecule has 1 fully saturated rings. The van der Waals surface area contributed by atoms with E-state index in [4.69, 9.17) is 4.74 Å². The topological polar surface area (TPSA) is 21.3 Å². The van der Waals surface area contributed by atoms with E-state index in [1.54, 1.807) is 0 Å². The van der Waals surface area contributed by atoms with Gasteiger partial charge in [-0.3, -0.25) is 0 Å². The molecule has 1 aromatic carbocycles. The van der Waals surface area contributed by atoms with E-state index in [0.29, 0.717) is 6.04 Å². The summed E-state index contributed by atoms with van der Waals surface area (Å²) < 4.78 is 5.74. The second-order valence-electron chi connectivity index (χ2n) is 5.90. The second kappa shape index (κ2) is 7.94. The quantitative estimate of drug-likeness (QED) is 0.847. The van der Waals surface area contributed by atoms with E-state index in [2.05, 4.69) is 43.6 Å². The first-order valence-corrected chi connectivity index (χ1v) is 8.98. The zero-order valence-electron chi connectivity index (χ0n) is 12.9. The van der Waals surface area contributed by atoms with Crippen LogP contribution in [0.5, 0.6) is 5.75 Å². The summed E-state index contributed by atoms with van der Waals surface area (Å²) in [5.74, 6) is 0.977. The maximum absolute atomic E-state index is 5.74. The Labute approximate surface area is 127 Å². The van der Waals surface area contributed by atoms with Crippen molar-refractivity contribution >= 4 is 11.8 Å². The van der Waals surface area contributed by atoms with Gasteiger partial charge in [-0.15, -0.1) is 0 Å². The molecule has 0 bridgehead atoms.